The molecule has 102 valence electrons. The van der Waals surface area contributed by atoms with Crippen LogP contribution in [0.1, 0.15) is 5.69 Å². The fourth-order valence-corrected chi connectivity index (χ4v) is 2.17. The lowest BCUT2D eigenvalue weighted by atomic mass is 10.4. The Kier molecular flexibility index (Phi) is 4.21. The number of imidazole rings is 1. The van der Waals surface area contributed by atoms with E-state index in [1.54, 1.807) is 0 Å². The van der Waals surface area contributed by atoms with E-state index in [2.05, 4.69) is 39.0 Å². The lowest BCUT2D eigenvalue weighted by molar-refractivity contribution is 0.101. The van der Waals surface area contributed by atoms with E-state index in [0.29, 0.717) is 0 Å². The summed E-state index contributed by atoms with van der Waals surface area (Å²) in [5, 5.41) is 2.29. The van der Waals surface area contributed by atoms with Crippen LogP contribution in [0.15, 0.2) is 6.20 Å². The molecule has 0 spiro atoms. The number of hydrogen-bond acceptors (Lipinski definition) is 5. The topological polar surface area (TPSA) is 39.6 Å². The molecule has 0 unspecified atom stereocenters. The van der Waals surface area contributed by atoms with Crippen LogP contribution < -0.4 is 10.3 Å². The van der Waals surface area contributed by atoms with E-state index in [0.717, 1.165) is 38.7 Å². The number of hydrazine groups is 1. The standard InChI is InChI=1S/C12H24N6/c1-15(2)12-13-9-11(17(12)4)10-14-18-7-5-16(3)6-8-18/h9,14H,5-8,10H2,1-4H3. The van der Waals surface area contributed by atoms with Gasteiger partial charge in [0.1, 0.15) is 0 Å². The Balaban J connectivity index is 1.87. The van der Waals surface area contributed by atoms with Crippen LogP contribution in [0.5, 0.6) is 0 Å². The maximum absolute atomic E-state index is 4.41. The van der Waals surface area contributed by atoms with Crippen molar-refractivity contribution in [1.82, 2.24) is 24.9 Å². The average Bonchev–Trinajstić information content (AvgIpc) is 2.70. The zero-order chi connectivity index (χ0) is 13.1. The minimum absolute atomic E-state index is 0.834. The summed E-state index contributed by atoms with van der Waals surface area (Å²) in [5.74, 6) is 0.991. The number of nitrogens with one attached hydrogen (secondary N) is 1. The summed E-state index contributed by atoms with van der Waals surface area (Å²) in [4.78, 5) is 8.79. The first-order valence-electron chi connectivity index (χ1n) is 6.43. The van der Waals surface area contributed by atoms with Crippen molar-refractivity contribution in [2.24, 2.45) is 7.05 Å². The third kappa shape index (κ3) is 3.01. The first kappa shape index (κ1) is 13.3. The molecule has 0 saturated carbocycles. The van der Waals surface area contributed by atoms with Crippen molar-refractivity contribution >= 4 is 5.95 Å². The van der Waals surface area contributed by atoms with Crippen molar-refractivity contribution in [3.63, 3.8) is 0 Å². The van der Waals surface area contributed by atoms with Crippen LogP contribution in [0, 0.1) is 0 Å². The van der Waals surface area contributed by atoms with Gasteiger partial charge in [0.05, 0.1) is 18.4 Å². The molecule has 1 aliphatic rings. The van der Waals surface area contributed by atoms with Gasteiger partial charge in [0.25, 0.3) is 0 Å². The molecule has 1 aromatic heterocycles. The van der Waals surface area contributed by atoms with Crippen molar-refractivity contribution in [2.45, 2.75) is 6.54 Å². The average molecular weight is 252 g/mol. The molecule has 2 heterocycles. The Hall–Kier alpha value is -1.11. The molecule has 2 rings (SSSR count). The molecule has 0 bridgehead atoms. The van der Waals surface area contributed by atoms with Gasteiger partial charge in [0.2, 0.25) is 5.95 Å². The quantitative estimate of drug-likeness (QED) is 0.799. The number of rotatable bonds is 4. The number of nitrogens with zero attached hydrogens (tertiary/aromatic N) is 5. The van der Waals surface area contributed by atoms with E-state index in [-0.39, 0.29) is 0 Å². The van der Waals surface area contributed by atoms with Gasteiger partial charge in [-0.05, 0) is 7.05 Å². The van der Waals surface area contributed by atoms with Crippen molar-refractivity contribution in [3.8, 4) is 0 Å². The Bertz CT molecular complexity index is 378. The van der Waals surface area contributed by atoms with Crippen LogP contribution in [0.4, 0.5) is 5.95 Å². The summed E-state index contributed by atoms with van der Waals surface area (Å²) in [6.07, 6.45) is 1.94. The summed E-state index contributed by atoms with van der Waals surface area (Å²) in [6, 6.07) is 0. The molecule has 0 aromatic carbocycles. The first-order chi connectivity index (χ1) is 8.58. The number of hydrogen-bond donors (Lipinski definition) is 1. The molecule has 1 saturated heterocycles. The van der Waals surface area contributed by atoms with Gasteiger partial charge < -0.3 is 14.4 Å². The molecule has 1 aromatic rings. The van der Waals surface area contributed by atoms with Crippen molar-refractivity contribution < 1.29 is 0 Å². The predicted octanol–water partition coefficient (Wildman–Crippen LogP) is -0.262. The fourth-order valence-electron chi connectivity index (χ4n) is 2.17. The molecule has 0 atom stereocenters. The van der Waals surface area contributed by atoms with Gasteiger partial charge in [-0.15, -0.1) is 0 Å². The van der Waals surface area contributed by atoms with Crippen LogP contribution in [-0.4, -0.2) is 66.8 Å². The first-order valence-corrected chi connectivity index (χ1v) is 6.43. The van der Waals surface area contributed by atoms with Crippen LogP contribution in [-0.2, 0) is 13.6 Å². The fraction of sp³-hybridized carbons (Fsp3) is 0.750. The van der Waals surface area contributed by atoms with Gasteiger partial charge in [0.15, 0.2) is 0 Å². The lowest BCUT2D eigenvalue weighted by Gasteiger charge is -2.32. The Morgan fingerprint density at radius 2 is 1.89 bits per heavy atom. The molecule has 6 nitrogen and oxygen atoms in total. The van der Waals surface area contributed by atoms with E-state index in [4.69, 9.17) is 0 Å². The molecule has 0 amide bonds. The highest BCUT2D eigenvalue weighted by molar-refractivity contribution is 5.30. The number of piperazine rings is 1. The van der Waals surface area contributed by atoms with Crippen molar-refractivity contribution in [2.75, 3.05) is 52.2 Å². The highest BCUT2D eigenvalue weighted by Gasteiger charge is 2.14. The lowest BCUT2D eigenvalue weighted by Crippen LogP contribution is -2.50. The van der Waals surface area contributed by atoms with E-state index in [1.165, 1.54) is 5.69 Å². The molecule has 1 aliphatic heterocycles. The predicted molar refractivity (Wildman–Crippen MR) is 73.4 cm³/mol. The van der Waals surface area contributed by atoms with E-state index < -0.39 is 0 Å². The van der Waals surface area contributed by atoms with E-state index in [1.807, 2.05) is 25.2 Å². The maximum Gasteiger partial charge on any atom is 0.204 e. The molecule has 18 heavy (non-hydrogen) atoms. The van der Waals surface area contributed by atoms with Crippen LogP contribution in [0.3, 0.4) is 0 Å². The Morgan fingerprint density at radius 3 is 2.44 bits per heavy atom. The molecule has 1 fully saturated rings. The van der Waals surface area contributed by atoms with Crippen LogP contribution >= 0.6 is 0 Å². The normalized spacial score (nSPS) is 18.2. The largest absolute Gasteiger partial charge is 0.348 e. The van der Waals surface area contributed by atoms with Gasteiger partial charge in [-0.2, -0.15) is 0 Å². The second-order valence-electron chi connectivity index (χ2n) is 5.13. The highest BCUT2D eigenvalue weighted by atomic mass is 15.5. The minimum atomic E-state index is 0.834. The van der Waals surface area contributed by atoms with Crippen molar-refractivity contribution in [1.29, 1.82) is 0 Å². The zero-order valence-electron chi connectivity index (χ0n) is 11.8. The Labute approximate surface area is 109 Å². The summed E-state index contributed by atoms with van der Waals surface area (Å²) >= 11 is 0. The van der Waals surface area contributed by atoms with Gasteiger partial charge in [-0.3, -0.25) is 0 Å². The molecule has 6 heteroatoms. The van der Waals surface area contributed by atoms with E-state index in [9.17, 15) is 0 Å². The number of aromatic nitrogens is 2. The highest BCUT2D eigenvalue weighted by Crippen LogP contribution is 2.10. The SMILES string of the molecule is CN1CCN(NCc2cnc(N(C)C)n2C)CC1. The molecular formula is C12H24N6. The van der Waals surface area contributed by atoms with E-state index >= 15 is 0 Å². The van der Waals surface area contributed by atoms with Crippen LogP contribution in [0.2, 0.25) is 0 Å². The van der Waals surface area contributed by atoms with Gasteiger partial charge >= 0.3 is 0 Å². The number of anilines is 1. The summed E-state index contributed by atoms with van der Waals surface area (Å²) in [5.41, 5.74) is 4.68. The third-order valence-electron chi connectivity index (χ3n) is 3.45. The van der Waals surface area contributed by atoms with Gasteiger partial charge in [-0.1, -0.05) is 0 Å². The second kappa shape index (κ2) is 5.69. The summed E-state index contributed by atoms with van der Waals surface area (Å²) in [7, 11) is 8.26. The minimum Gasteiger partial charge on any atom is -0.348 e. The molecule has 0 radical (unpaired) electrons. The molecule has 0 aliphatic carbocycles. The monoisotopic (exact) mass is 252 g/mol. The molecular weight excluding hydrogens is 228 g/mol. The van der Waals surface area contributed by atoms with Crippen LogP contribution in [0.25, 0.3) is 0 Å². The van der Waals surface area contributed by atoms with Crippen molar-refractivity contribution in [3.05, 3.63) is 11.9 Å². The van der Waals surface area contributed by atoms with Gasteiger partial charge in [-0.25, -0.2) is 15.4 Å². The summed E-state index contributed by atoms with van der Waals surface area (Å²) in [6.45, 7) is 5.24. The Morgan fingerprint density at radius 1 is 1.22 bits per heavy atom. The van der Waals surface area contributed by atoms with Gasteiger partial charge in [0, 0.05) is 47.3 Å². The maximum atomic E-state index is 4.41. The summed E-state index contributed by atoms with van der Waals surface area (Å²) < 4.78 is 2.13. The zero-order valence-corrected chi connectivity index (χ0v) is 11.8. The number of likely N-dealkylation sites (N-methyl/N-ethyl adjacent to an activating group) is 1. The third-order valence-corrected chi connectivity index (χ3v) is 3.45. The smallest absolute Gasteiger partial charge is 0.204 e. The second-order valence-corrected chi connectivity index (χ2v) is 5.13. The molecule has 1 N–H and O–H groups in total.